The van der Waals surface area contributed by atoms with Crippen molar-refractivity contribution in [2.75, 3.05) is 26.7 Å². The second kappa shape index (κ2) is 7.37. The van der Waals surface area contributed by atoms with Crippen LogP contribution in [-0.4, -0.2) is 55.1 Å². The predicted octanol–water partition coefficient (Wildman–Crippen LogP) is 1.85. The van der Waals surface area contributed by atoms with Crippen molar-refractivity contribution >= 4 is 11.9 Å². The molecule has 26 heavy (non-hydrogen) atoms. The van der Waals surface area contributed by atoms with Crippen LogP contribution >= 0.6 is 0 Å². The molecule has 6 nitrogen and oxygen atoms in total. The van der Waals surface area contributed by atoms with E-state index in [0.29, 0.717) is 19.0 Å². The average Bonchev–Trinajstić information content (AvgIpc) is 3.01. The molecule has 0 aromatic carbocycles. The van der Waals surface area contributed by atoms with E-state index in [1.807, 2.05) is 11.9 Å². The number of rotatable bonds is 6. The number of carbonyl (C=O) groups is 2. The molecule has 5 fully saturated rings. The SMILES string of the molecule is CNCC1CCCN1C(=O)CCNC(=O)NC12CC3CC(CC(C3)C1)C2. The quantitative estimate of drug-likeness (QED) is 0.675. The second-order valence-electron chi connectivity index (χ2n) is 9.27. The standard InChI is InChI=1S/C20H34N4O2/c1-21-13-17-3-2-6-24(17)18(25)4-5-22-19(26)23-20-10-14-7-15(11-20)9-16(8-14)12-20/h14-17,21H,2-13H2,1H3,(H2,22,23,26). The Bertz CT molecular complexity index is 515. The lowest BCUT2D eigenvalue weighted by molar-refractivity contribution is -0.131. The zero-order valence-electron chi connectivity index (χ0n) is 16.1. The summed E-state index contributed by atoms with van der Waals surface area (Å²) >= 11 is 0. The largest absolute Gasteiger partial charge is 0.338 e. The van der Waals surface area contributed by atoms with Crippen molar-refractivity contribution in [3.8, 4) is 0 Å². The number of likely N-dealkylation sites (N-methyl/N-ethyl adjacent to an activating group) is 1. The van der Waals surface area contributed by atoms with Crippen molar-refractivity contribution in [2.45, 2.75) is 69.4 Å². The molecule has 5 aliphatic rings. The molecule has 1 aliphatic heterocycles. The summed E-state index contributed by atoms with van der Waals surface area (Å²) in [5.41, 5.74) is 0.0374. The van der Waals surface area contributed by atoms with Gasteiger partial charge in [-0.2, -0.15) is 0 Å². The number of amides is 3. The van der Waals surface area contributed by atoms with Gasteiger partial charge in [-0.15, -0.1) is 0 Å². The molecule has 4 bridgehead atoms. The van der Waals surface area contributed by atoms with Gasteiger partial charge in [-0.05, 0) is 76.2 Å². The molecule has 146 valence electrons. The van der Waals surface area contributed by atoms with Crippen LogP contribution in [0.1, 0.15) is 57.8 Å². The number of nitrogens with zero attached hydrogens (tertiary/aromatic N) is 1. The summed E-state index contributed by atoms with van der Waals surface area (Å²) in [5, 5.41) is 9.43. The van der Waals surface area contributed by atoms with Gasteiger partial charge in [0.15, 0.2) is 0 Å². The smallest absolute Gasteiger partial charge is 0.315 e. The Morgan fingerprint density at radius 2 is 1.73 bits per heavy atom. The first-order chi connectivity index (χ1) is 12.6. The van der Waals surface area contributed by atoms with Crippen molar-refractivity contribution < 1.29 is 9.59 Å². The van der Waals surface area contributed by atoms with Crippen molar-refractivity contribution in [1.29, 1.82) is 0 Å². The lowest BCUT2D eigenvalue weighted by Gasteiger charge is -2.56. The summed E-state index contributed by atoms with van der Waals surface area (Å²) in [4.78, 5) is 26.9. The number of likely N-dealkylation sites (tertiary alicyclic amines) is 1. The van der Waals surface area contributed by atoms with E-state index in [4.69, 9.17) is 0 Å². The van der Waals surface area contributed by atoms with Crippen LogP contribution < -0.4 is 16.0 Å². The highest BCUT2D eigenvalue weighted by Crippen LogP contribution is 2.55. The first-order valence-electron chi connectivity index (χ1n) is 10.6. The van der Waals surface area contributed by atoms with E-state index in [9.17, 15) is 9.59 Å². The van der Waals surface area contributed by atoms with E-state index in [0.717, 1.165) is 62.9 Å². The maximum atomic E-state index is 12.4. The Balaban J connectivity index is 1.22. The number of nitrogens with one attached hydrogen (secondary N) is 3. The normalized spacial score (nSPS) is 37.8. The summed E-state index contributed by atoms with van der Waals surface area (Å²) in [7, 11) is 1.93. The van der Waals surface area contributed by atoms with Gasteiger partial charge in [-0.25, -0.2) is 4.79 Å². The Labute approximate surface area is 156 Å². The molecule has 3 N–H and O–H groups in total. The molecule has 4 saturated carbocycles. The molecule has 4 aliphatic carbocycles. The van der Waals surface area contributed by atoms with Crippen molar-refractivity contribution in [3.05, 3.63) is 0 Å². The number of carbonyl (C=O) groups excluding carboxylic acids is 2. The molecule has 1 unspecified atom stereocenters. The summed E-state index contributed by atoms with van der Waals surface area (Å²) in [6.07, 6.45) is 10.2. The van der Waals surface area contributed by atoms with Gasteiger partial charge < -0.3 is 20.9 Å². The molecule has 1 heterocycles. The van der Waals surface area contributed by atoms with Crippen LogP contribution in [0.3, 0.4) is 0 Å². The van der Waals surface area contributed by atoms with Gasteiger partial charge in [-0.3, -0.25) is 4.79 Å². The number of hydrogen-bond donors (Lipinski definition) is 3. The minimum absolute atomic E-state index is 0.0374. The van der Waals surface area contributed by atoms with Gasteiger partial charge in [0, 0.05) is 37.6 Å². The molecular weight excluding hydrogens is 328 g/mol. The molecule has 1 atom stereocenters. The maximum Gasteiger partial charge on any atom is 0.315 e. The fraction of sp³-hybridized carbons (Fsp3) is 0.900. The molecule has 0 radical (unpaired) electrons. The van der Waals surface area contributed by atoms with Crippen molar-refractivity contribution in [1.82, 2.24) is 20.9 Å². The second-order valence-corrected chi connectivity index (χ2v) is 9.27. The lowest BCUT2D eigenvalue weighted by atomic mass is 9.53. The highest BCUT2D eigenvalue weighted by atomic mass is 16.2. The Kier molecular flexibility index (Phi) is 5.13. The van der Waals surface area contributed by atoms with Gasteiger partial charge in [0.1, 0.15) is 0 Å². The van der Waals surface area contributed by atoms with Gasteiger partial charge in [0.2, 0.25) is 5.91 Å². The van der Waals surface area contributed by atoms with E-state index in [1.165, 1.54) is 19.3 Å². The first kappa shape index (κ1) is 18.1. The lowest BCUT2D eigenvalue weighted by Crippen LogP contribution is -2.61. The highest BCUT2D eigenvalue weighted by molar-refractivity contribution is 5.79. The molecule has 1 saturated heterocycles. The summed E-state index contributed by atoms with van der Waals surface area (Å²) in [6.45, 7) is 2.14. The third-order valence-corrected chi connectivity index (χ3v) is 7.18. The van der Waals surface area contributed by atoms with E-state index >= 15 is 0 Å². The van der Waals surface area contributed by atoms with Gasteiger partial charge in [0.25, 0.3) is 0 Å². The molecule has 3 amide bonds. The third kappa shape index (κ3) is 3.71. The van der Waals surface area contributed by atoms with Crippen LogP contribution in [0.4, 0.5) is 4.79 Å². The molecule has 0 spiro atoms. The Morgan fingerprint density at radius 1 is 1.08 bits per heavy atom. The summed E-state index contributed by atoms with van der Waals surface area (Å²) in [6, 6.07) is 0.237. The minimum Gasteiger partial charge on any atom is -0.338 e. The predicted molar refractivity (Wildman–Crippen MR) is 101 cm³/mol. The zero-order chi connectivity index (χ0) is 18.1. The molecule has 5 rings (SSSR count). The van der Waals surface area contributed by atoms with Crippen LogP contribution in [0.5, 0.6) is 0 Å². The van der Waals surface area contributed by atoms with E-state index < -0.39 is 0 Å². The van der Waals surface area contributed by atoms with Gasteiger partial charge in [0.05, 0.1) is 0 Å². The van der Waals surface area contributed by atoms with Crippen LogP contribution in [0.15, 0.2) is 0 Å². The highest BCUT2D eigenvalue weighted by Gasteiger charge is 2.51. The number of urea groups is 1. The topological polar surface area (TPSA) is 73.5 Å². The summed E-state index contributed by atoms with van der Waals surface area (Å²) < 4.78 is 0. The van der Waals surface area contributed by atoms with Crippen molar-refractivity contribution in [2.24, 2.45) is 17.8 Å². The van der Waals surface area contributed by atoms with E-state index in [1.54, 1.807) is 0 Å². The van der Waals surface area contributed by atoms with Crippen molar-refractivity contribution in [3.63, 3.8) is 0 Å². The Hall–Kier alpha value is -1.30. The van der Waals surface area contributed by atoms with Crippen LogP contribution in [0.25, 0.3) is 0 Å². The maximum absolute atomic E-state index is 12.4. The van der Waals surface area contributed by atoms with Crippen LogP contribution in [0.2, 0.25) is 0 Å². The monoisotopic (exact) mass is 362 g/mol. The van der Waals surface area contributed by atoms with Crippen LogP contribution in [0, 0.1) is 17.8 Å². The third-order valence-electron chi connectivity index (χ3n) is 7.18. The fourth-order valence-electron chi connectivity index (χ4n) is 6.59. The fourth-order valence-corrected chi connectivity index (χ4v) is 6.59. The summed E-state index contributed by atoms with van der Waals surface area (Å²) in [5.74, 6) is 2.63. The zero-order valence-corrected chi connectivity index (χ0v) is 16.1. The van der Waals surface area contributed by atoms with E-state index in [2.05, 4.69) is 16.0 Å². The van der Waals surface area contributed by atoms with Gasteiger partial charge >= 0.3 is 6.03 Å². The Morgan fingerprint density at radius 3 is 2.35 bits per heavy atom. The molecule has 6 heteroatoms. The molecule has 0 aromatic rings. The van der Waals surface area contributed by atoms with Gasteiger partial charge in [-0.1, -0.05) is 0 Å². The van der Waals surface area contributed by atoms with Crippen LogP contribution in [-0.2, 0) is 4.79 Å². The average molecular weight is 363 g/mol. The molecule has 0 aromatic heterocycles. The minimum atomic E-state index is -0.0760. The number of hydrogen-bond acceptors (Lipinski definition) is 3. The molecular formula is C20H34N4O2. The van der Waals surface area contributed by atoms with E-state index in [-0.39, 0.29) is 17.5 Å². The first-order valence-corrected chi connectivity index (χ1v) is 10.6.